The van der Waals surface area contributed by atoms with Crippen molar-refractivity contribution in [2.75, 3.05) is 6.61 Å². The van der Waals surface area contributed by atoms with Gasteiger partial charge in [0.05, 0.1) is 6.61 Å². The topological polar surface area (TPSA) is 95.9 Å². The van der Waals surface area contributed by atoms with Crippen molar-refractivity contribution in [1.82, 2.24) is 5.32 Å². The SMILES string of the molecule is CCOC(=O)C=C[C@H](Cc1ccc(-c2ccccc2)cc1)NC(C)(C)P(=O)(O)O. The molecule has 2 aromatic carbocycles. The average Bonchev–Trinajstić information content (AvgIpc) is 2.66. The molecule has 6 nitrogen and oxygen atoms in total. The molecule has 0 aliphatic carbocycles. The van der Waals surface area contributed by atoms with E-state index in [0.29, 0.717) is 6.42 Å². The van der Waals surface area contributed by atoms with Crippen molar-refractivity contribution in [3.8, 4) is 11.1 Å². The van der Waals surface area contributed by atoms with Gasteiger partial charge in [0.1, 0.15) is 5.28 Å². The van der Waals surface area contributed by atoms with E-state index in [1.165, 1.54) is 19.9 Å². The lowest BCUT2D eigenvalue weighted by Crippen LogP contribution is -2.45. The Morgan fingerprint density at radius 2 is 1.69 bits per heavy atom. The molecule has 0 aromatic heterocycles. The molecule has 0 radical (unpaired) electrons. The zero-order valence-corrected chi connectivity index (χ0v) is 17.8. The van der Waals surface area contributed by atoms with Crippen LogP contribution in [0.3, 0.4) is 0 Å². The molecule has 0 heterocycles. The molecule has 0 amide bonds. The van der Waals surface area contributed by atoms with E-state index in [0.717, 1.165) is 16.7 Å². The lowest BCUT2D eigenvalue weighted by Gasteiger charge is -2.31. The van der Waals surface area contributed by atoms with Gasteiger partial charge in [-0.05, 0) is 43.9 Å². The summed E-state index contributed by atoms with van der Waals surface area (Å²) < 4.78 is 16.7. The number of benzene rings is 2. The number of hydrogen-bond acceptors (Lipinski definition) is 4. The first-order valence-corrected chi connectivity index (χ1v) is 11.1. The summed E-state index contributed by atoms with van der Waals surface area (Å²) in [5.41, 5.74) is 3.16. The summed E-state index contributed by atoms with van der Waals surface area (Å²) in [5, 5.41) is 1.52. The van der Waals surface area contributed by atoms with E-state index in [9.17, 15) is 19.1 Å². The molecular formula is C22H28NO5P. The van der Waals surface area contributed by atoms with Crippen LogP contribution in [0.5, 0.6) is 0 Å². The van der Waals surface area contributed by atoms with E-state index >= 15 is 0 Å². The smallest absolute Gasteiger partial charge is 0.344 e. The Bertz CT molecular complexity index is 872. The van der Waals surface area contributed by atoms with Gasteiger partial charge >= 0.3 is 13.6 Å². The van der Waals surface area contributed by atoms with Crippen LogP contribution < -0.4 is 5.32 Å². The third-order valence-electron chi connectivity index (χ3n) is 4.53. The maximum absolute atomic E-state index is 11.8. The van der Waals surface area contributed by atoms with Gasteiger partial charge in [0, 0.05) is 12.1 Å². The van der Waals surface area contributed by atoms with Crippen LogP contribution >= 0.6 is 7.60 Å². The van der Waals surface area contributed by atoms with Crippen molar-refractivity contribution in [2.45, 2.75) is 38.5 Å². The molecule has 1 atom stereocenters. The normalized spacial score (nSPS) is 13.4. The monoisotopic (exact) mass is 417 g/mol. The van der Waals surface area contributed by atoms with Crippen molar-refractivity contribution in [1.29, 1.82) is 0 Å². The minimum absolute atomic E-state index is 0.260. The Morgan fingerprint density at radius 3 is 2.24 bits per heavy atom. The molecule has 156 valence electrons. The average molecular weight is 417 g/mol. The van der Waals surface area contributed by atoms with Crippen molar-refractivity contribution in [3.05, 3.63) is 72.3 Å². The number of nitrogens with one attached hydrogen (secondary N) is 1. The summed E-state index contributed by atoms with van der Waals surface area (Å²) >= 11 is 0. The van der Waals surface area contributed by atoms with Crippen LogP contribution in [0.1, 0.15) is 26.3 Å². The largest absolute Gasteiger partial charge is 0.463 e. The molecule has 0 aliphatic heterocycles. The molecule has 7 heteroatoms. The zero-order chi connectivity index (χ0) is 21.5. The number of carbonyl (C=O) groups excluding carboxylic acids is 1. The molecule has 29 heavy (non-hydrogen) atoms. The molecule has 0 saturated carbocycles. The van der Waals surface area contributed by atoms with Gasteiger partial charge in [-0.15, -0.1) is 0 Å². The highest BCUT2D eigenvalue weighted by atomic mass is 31.2. The second-order valence-electron chi connectivity index (χ2n) is 7.23. The van der Waals surface area contributed by atoms with Crippen LogP contribution in [0.25, 0.3) is 11.1 Å². The van der Waals surface area contributed by atoms with Gasteiger partial charge in [-0.2, -0.15) is 0 Å². The van der Waals surface area contributed by atoms with Gasteiger partial charge < -0.3 is 14.5 Å². The lowest BCUT2D eigenvalue weighted by atomic mass is 10.00. The fourth-order valence-electron chi connectivity index (χ4n) is 2.81. The fraction of sp³-hybridized carbons (Fsp3) is 0.318. The standard InChI is InChI=1S/C22H28NO5P/c1-4-28-21(24)15-14-20(23-22(2,3)29(25,26)27)16-17-10-12-19(13-11-17)18-8-6-5-7-9-18/h5-15,20,23H,4,16H2,1-3H3,(H2,25,26,27)/t20-/m1/s1. The first-order valence-electron chi connectivity index (χ1n) is 9.45. The van der Waals surface area contributed by atoms with Gasteiger partial charge in [0.2, 0.25) is 0 Å². The first kappa shape index (κ1) is 23.0. The third kappa shape index (κ3) is 6.94. The highest BCUT2D eigenvalue weighted by molar-refractivity contribution is 7.53. The Balaban J connectivity index is 2.20. The van der Waals surface area contributed by atoms with E-state index in [-0.39, 0.29) is 6.61 Å². The molecule has 0 aliphatic rings. The number of rotatable bonds is 9. The van der Waals surface area contributed by atoms with Crippen molar-refractivity contribution in [2.24, 2.45) is 0 Å². The summed E-state index contributed by atoms with van der Waals surface area (Å²) in [6.07, 6.45) is 3.32. The van der Waals surface area contributed by atoms with Gasteiger partial charge in [-0.1, -0.05) is 60.7 Å². The van der Waals surface area contributed by atoms with Crippen molar-refractivity contribution in [3.63, 3.8) is 0 Å². The maximum atomic E-state index is 11.8. The minimum atomic E-state index is -4.40. The molecule has 0 saturated heterocycles. The van der Waals surface area contributed by atoms with Gasteiger partial charge in [-0.3, -0.25) is 9.88 Å². The van der Waals surface area contributed by atoms with Gasteiger partial charge in [0.25, 0.3) is 0 Å². The second kappa shape index (κ2) is 9.99. The van der Waals surface area contributed by atoms with Gasteiger partial charge in [-0.25, -0.2) is 4.79 Å². The summed E-state index contributed by atoms with van der Waals surface area (Å²) in [5.74, 6) is -0.493. The van der Waals surface area contributed by atoms with Crippen LogP contribution in [0.4, 0.5) is 0 Å². The highest BCUT2D eigenvalue weighted by Crippen LogP contribution is 2.48. The molecule has 2 aromatic rings. The number of carbonyl (C=O) groups is 1. The molecule has 0 spiro atoms. The van der Waals surface area contributed by atoms with Crippen LogP contribution in [0.15, 0.2) is 66.7 Å². The summed E-state index contributed by atoms with van der Waals surface area (Å²) in [6.45, 7) is 4.86. The Kier molecular flexibility index (Phi) is 7.94. The highest BCUT2D eigenvalue weighted by Gasteiger charge is 2.38. The van der Waals surface area contributed by atoms with Crippen molar-refractivity contribution >= 4 is 13.6 Å². The van der Waals surface area contributed by atoms with E-state index in [1.54, 1.807) is 13.0 Å². The Hall–Kier alpha value is -2.24. The Morgan fingerprint density at radius 1 is 1.10 bits per heavy atom. The van der Waals surface area contributed by atoms with E-state index < -0.39 is 24.9 Å². The van der Waals surface area contributed by atoms with E-state index in [4.69, 9.17) is 4.74 Å². The van der Waals surface area contributed by atoms with Crippen LogP contribution in [0, 0.1) is 0 Å². The van der Waals surface area contributed by atoms with Crippen LogP contribution in [-0.2, 0) is 20.5 Å². The number of hydrogen-bond donors (Lipinski definition) is 3. The fourth-order valence-corrected chi connectivity index (χ4v) is 3.14. The van der Waals surface area contributed by atoms with Gasteiger partial charge in [0.15, 0.2) is 0 Å². The van der Waals surface area contributed by atoms with Crippen LogP contribution in [0.2, 0.25) is 0 Å². The molecule has 0 unspecified atom stereocenters. The predicted octanol–water partition coefficient (Wildman–Crippen LogP) is 3.89. The molecule has 2 rings (SSSR count). The van der Waals surface area contributed by atoms with E-state index in [1.807, 2.05) is 54.6 Å². The molecule has 0 bridgehead atoms. The third-order valence-corrected chi connectivity index (χ3v) is 6.12. The first-order chi connectivity index (χ1) is 13.6. The minimum Gasteiger partial charge on any atom is -0.463 e. The predicted molar refractivity (Wildman–Crippen MR) is 114 cm³/mol. The summed E-state index contributed by atoms with van der Waals surface area (Å²) in [7, 11) is -4.40. The Labute approximate surface area is 171 Å². The van der Waals surface area contributed by atoms with E-state index in [2.05, 4.69) is 5.32 Å². The van der Waals surface area contributed by atoms with Crippen molar-refractivity contribution < 1.29 is 23.9 Å². The van der Waals surface area contributed by atoms with Crippen LogP contribution in [-0.4, -0.2) is 33.7 Å². The summed E-state index contributed by atoms with van der Waals surface area (Å²) in [4.78, 5) is 30.9. The molecule has 0 fully saturated rings. The maximum Gasteiger partial charge on any atom is 0.344 e. The number of ether oxygens (including phenoxy) is 1. The molecular weight excluding hydrogens is 389 g/mol. The zero-order valence-electron chi connectivity index (χ0n) is 16.9. The summed E-state index contributed by atoms with van der Waals surface area (Å²) in [6, 6.07) is 17.5. The second-order valence-corrected chi connectivity index (χ2v) is 9.44. The number of esters is 1. The lowest BCUT2D eigenvalue weighted by molar-refractivity contribution is -0.137. The quantitative estimate of drug-likeness (QED) is 0.326. The molecule has 3 N–H and O–H groups in total.